The summed E-state index contributed by atoms with van der Waals surface area (Å²) in [5.74, 6) is 0.117. The van der Waals surface area contributed by atoms with Gasteiger partial charge in [-0.3, -0.25) is 9.59 Å². The van der Waals surface area contributed by atoms with Crippen molar-refractivity contribution in [2.24, 2.45) is 5.73 Å². The van der Waals surface area contributed by atoms with Gasteiger partial charge in [0.05, 0.1) is 24.5 Å². The molecule has 0 unspecified atom stereocenters. The molecule has 2 atom stereocenters. The molecule has 1 aliphatic heterocycles. The molecular formula is C20H24ClN3O4. The van der Waals surface area contributed by atoms with E-state index in [1.165, 1.54) is 0 Å². The lowest BCUT2D eigenvalue weighted by Gasteiger charge is -2.15. The van der Waals surface area contributed by atoms with E-state index in [0.29, 0.717) is 35.7 Å². The number of rotatable bonds is 6. The van der Waals surface area contributed by atoms with Crippen molar-refractivity contribution in [3.8, 4) is 5.75 Å². The van der Waals surface area contributed by atoms with Crippen molar-refractivity contribution < 1.29 is 19.1 Å². The fourth-order valence-corrected chi connectivity index (χ4v) is 2.95. The van der Waals surface area contributed by atoms with Crippen LogP contribution in [-0.4, -0.2) is 37.7 Å². The number of benzene rings is 2. The van der Waals surface area contributed by atoms with Crippen molar-refractivity contribution in [3.63, 3.8) is 0 Å². The number of hydrogen-bond donors (Lipinski definition) is 3. The number of para-hydroxylation sites is 1. The van der Waals surface area contributed by atoms with Gasteiger partial charge in [0, 0.05) is 12.2 Å². The third kappa shape index (κ3) is 5.22. The summed E-state index contributed by atoms with van der Waals surface area (Å²) < 4.78 is 10.7. The molecular weight excluding hydrogens is 382 g/mol. The Morgan fingerprint density at radius 2 is 1.82 bits per heavy atom. The van der Waals surface area contributed by atoms with Crippen LogP contribution in [-0.2, 0) is 9.53 Å². The molecule has 2 amide bonds. The lowest BCUT2D eigenvalue weighted by molar-refractivity contribution is -0.126. The van der Waals surface area contributed by atoms with Crippen molar-refractivity contribution in [2.45, 2.75) is 25.0 Å². The van der Waals surface area contributed by atoms with Crippen LogP contribution >= 0.6 is 12.4 Å². The van der Waals surface area contributed by atoms with Crippen molar-refractivity contribution in [3.05, 3.63) is 54.1 Å². The van der Waals surface area contributed by atoms with Crippen LogP contribution < -0.4 is 21.1 Å². The van der Waals surface area contributed by atoms with E-state index in [4.69, 9.17) is 15.2 Å². The van der Waals surface area contributed by atoms with Gasteiger partial charge in [-0.05, 0) is 49.2 Å². The van der Waals surface area contributed by atoms with Crippen LogP contribution in [0.2, 0.25) is 0 Å². The van der Waals surface area contributed by atoms with Crippen LogP contribution in [0.25, 0.3) is 0 Å². The summed E-state index contributed by atoms with van der Waals surface area (Å²) in [5.41, 5.74) is 7.03. The minimum Gasteiger partial charge on any atom is -0.497 e. The zero-order valence-corrected chi connectivity index (χ0v) is 16.3. The predicted octanol–water partition coefficient (Wildman–Crippen LogP) is 2.81. The Bertz CT molecular complexity index is 813. The monoisotopic (exact) mass is 405 g/mol. The first-order chi connectivity index (χ1) is 13.1. The molecule has 1 heterocycles. The van der Waals surface area contributed by atoms with Gasteiger partial charge < -0.3 is 25.8 Å². The third-order valence-electron chi connectivity index (χ3n) is 4.44. The molecule has 1 saturated heterocycles. The van der Waals surface area contributed by atoms with E-state index in [1.54, 1.807) is 55.6 Å². The Morgan fingerprint density at radius 3 is 2.46 bits per heavy atom. The molecule has 2 aromatic rings. The number of hydrogen-bond acceptors (Lipinski definition) is 5. The average Bonchev–Trinajstić information content (AvgIpc) is 3.18. The van der Waals surface area contributed by atoms with Crippen LogP contribution in [0.3, 0.4) is 0 Å². The smallest absolute Gasteiger partial charge is 0.257 e. The standard InChI is InChI=1S/C20H23N3O4.ClH/c1-26-14-8-6-13(7-9-14)22-19(24)16-4-2-3-5-17(16)23-20(25)18-11-10-15(12-21)27-18;/h2-9,15,18H,10-12,21H2,1H3,(H,22,24)(H,23,25);1H/t15-,18+;/m1./s1. The topological polar surface area (TPSA) is 103 Å². The highest BCUT2D eigenvalue weighted by Crippen LogP contribution is 2.23. The summed E-state index contributed by atoms with van der Waals surface area (Å²) >= 11 is 0. The third-order valence-corrected chi connectivity index (χ3v) is 4.44. The average molecular weight is 406 g/mol. The maximum atomic E-state index is 12.6. The van der Waals surface area contributed by atoms with Gasteiger partial charge in [0.1, 0.15) is 11.9 Å². The molecule has 7 nitrogen and oxygen atoms in total. The van der Waals surface area contributed by atoms with E-state index in [-0.39, 0.29) is 30.3 Å². The second-order valence-corrected chi connectivity index (χ2v) is 6.28. The molecule has 3 rings (SSSR count). The summed E-state index contributed by atoms with van der Waals surface area (Å²) in [6.45, 7) is 0.393. The summed E-state index contributed by atoms with van der Waals surface area (Å²) in [7, 11) is 1.58. The molecule has 0 radical (unpaired) electrons. The number of anilines is 2. The molecule has 1 aliphatic rings. The van der Waals surface area contributed by atoms with Crippen molar-refractivity contribution in [2.75, 3.05) is 24.3 Å². The first-order valence-electron chi connectivity index (χ1n) is 8.81. The van der Waals surface area contributed by atoms with Crippen molar-refractivity contribution >= 4 is 35.6 Å². The molecule has 0 saturated carbocycles. The molecule has 8 heteroatoms. The van der Waals surface area contributed by atoms with E-state index < -0.39 is 6.10 Å². The second kappa shape index (κ2) is 10.1. The lowest BCUT2D eigenvalue weighted by atomic mass is 10.1. The van der Waals surface area contributed by atoms with Gasteiger partial charge >= 0.3 is 0 Å². The first-order valence-corrected chi connectivity index (χ1v) is 8.81. The normalized spacial score (nSPS) is 18.1. The molecule has 150 valence electrons. The molecule has 4 N–H and O–H groups in total. The van der Waals surface area contributed by atoms with Crippen molar-refractivity contribution in [1.82, 2.24) is 0 Å². The highest BCUT2D eigenvalue weighted by Gasteiger charge is 2.30. The quantitative estimate of drug-likeness (QED) is 0.685. The van der Waals surface area contributed by atoms with Gasteiger partial charge in [0.15, 0.2) is 0 Å². The second-order valence-electron chi connectivity index (χ2n) is 6.28. The largest absolute Gasteiger partial charge is 0.497 e. The van der Waals surface area contributed by atoms with Gasteiger partial charge in [-0.2, -0.15) is 0 Å². The maximum absolute atomic E-state index is 12.6. The minimum atomic E-state index is -0.545. The van der Waals surface area contributed by atoms with Crippen LogP contribution in [0.15, 0.2) is 48.5 Å². The van der Waals surface area contributed by atoms with Gasteiger partial charge in [-0.1, -0.05) is 12.1 Å². The Balaban J connectivity index is 0.00000280. The van der Waals surface area contributed by atoms with Gasteiger partial charge in [-0.15, -0.1) is 12.4 Å². The number of carbonyl (C=O) groups is 2. The van der Waals surface area contributed by atoms with Gasteiger partial charge in [-0.25, -0.2) is 0 Å². The molecule has 1 fully saturated rings. The SMILES string of the molecule is COc1ccc(NC(=O)c2ccccc2NC(=O)[C@@H]2CC[C@H](CN)O2)cc1.Cl. The Labute approximate surface area is 170 Å². The molecule has 0 bridgehead atoms. The lowest BCUT2D eigenvalue weighted by Crippen LogP contribution is -2.30. The fraction of sp³-hybridized carbons (Fsp3) is 0.300. The van der Waals surface area contributed by atoms with E-state index in [1.807, 2.05) is 0 Å². The fourth-order valence-electron chi connectivity index (χ4n) is 2.95. The van der Waals surface area contributed by atoms with Gasteiger partial charge in [0.2, 0.25) is 0 Å². The van der Waals surface area contributed by atoms with E-state index in [2.05, 4.69) is 10.6 Å². The van der Waals surface area contributed by atoms with Crippen LogP contribution in [0.4, 0.5) is 11.4 Å². The van der Waals surface area contributed by atoms with E-state index in [9.17, 15) is 9.59 Å². The number of methoxy groups -OCH3 is 1. The Morgan fingerprint density at radius 1 is 1.11 bits per heavy atom. The predicted molar refractivity (Wildman–Crippen MR) is 110 cm³/mol. The number of carbonyl (C=O) groups excluding carboxylic acids is 2. The highest BCUT2D eigenvalue weighted by atomic mass is 35.5. The van der Waals surface area contributed by atoms with Crippen LogP contribution in [0.5, 0.6) is 5.75 Å². The number of nitrogens with two attached hydrogens (primary N) is 1. The zero-order chi connectivity index (χ0) is 19.2. The summed E-state index contributed by atoms with van der Waals surface area (Å²) in [4.78, 5) is 25.1. The number of nitrogens with one attached hydrogen (secondary N) is 2. The zero-order valence-electron chi connectivity index (χ0n) is 15.5. The van der Waals surface area contributed by atoms with Crippen LogP contribution in [0, 0.1) is 0 Å². The highest BCUT2D eigenvalue weighted by molar-refractivity contribution is 6.10. The summed E-state index contributed by atoms with van der Waals surface area (Å²) in [5, 5.41) is 5.61. The Hall–Kier alpha value is -2.61. The van der Waals surface area contributed by atoms with Gasteiger partial charge in [0.25, 0.3) is 11.8 Å². The molecule has 28 heavy (non-hydrogen) atoms. The summed E-state index contributed by atoms with van der Waals surface area (Å²) in [6.07, 6.45) is 0.743. The van der Waals surface area contributed by atoms with Crippen molar-refractivity contribution in [1.29, 1.82) is 0 Å². The summed E-state index contributed by atoms with van der Waals surface area (Å²) in [6, 6.07) is 13.9. The number of ether oxygens (including phenoxy) is 2. The maximum Gasteiger partial charge on any atom is 0.257 e. The molecule has 0 aliphatic carbocycles. The van der Waals surface area contributed by atoms with E-state index in [0.717, 1.165) is 6.42 Å². The number of halogens is 1. The van der Waals surface area contributed by atoms with E-state index >= 15 is 0 Å². The minimum absolute atomic E-state index is 0. The van der Waals surface area contributed by atoms with Crippen LogP contribution in [0.1, 0.15) is 23.2 Å². The first kappa shape index (κ1) is 21.7. The molecule has 0 spiro atoms. The molecule has 2 aromatic carbocycles. The Kier molecular flexibility index (Phi) is 7.80. The number of amides is 2. The molecule has 0 aromatic heterocycles.